The van der Waals surface area contributed by atoms with Crippen molar-refractivity contribution in [3.63, 3.8) is 0 Å². The number of aliphatic hydroxyl groups is 1. The third-order valence-electron chi connectivity index (χ3n) is 4.14. The second-order valence-electron chi connectivity index (χ2n) is 5.80. The fraction of sp³-hybridized carbons (Fsp3) is 0.412. The fourth-order valence-electron chi connectivity index (χ4n) is 2.84. The predicted molar refractivity (Wildman–Crippen MR) is 82.0 cm³/mol. The molecule has 2 aromatic rings. The molecule has 0 aliphatic heterocycles. The maximum absolute atomic E-state index is 12.9. The van der Waals surface area contributed by atoms with Gasteiger partial charge in [-0.05, 0) is 43.5 Å². The number of carbonyl (C=O) groups is 1. The summed E-state index contributed by atoms with van der Waals surface area (Å²) in [7, 11) is 0. The van der Waals surface area contributed by atoms with Gasteiger partial charge in [-0.1, -0.05) is 0 Å². The molecular weight excluding hydrogens is 299 g/mol. The molecule has 2 N–H and O–H groups in total. The summed E-state index contributed by atoms with van der Waals surface area (Å²) in [6, 6.07) is 5.92. The Labute approximate surface area is 133 Å². The third kappa shape index (κ3) is 3.76. The lowest BCUT2D eigenvalue weighted by Gasteiger charge is -2.13. The Bertz CT molecular complexity index is 669. The lowest BCUT2D eigenvalue weighted by molar-refractivity contribution is -0.127. The number of halogens is 1. The van der Waals surface area contributed by atoms with E-state index in [0.29, 0.717) is 30.8 Å². The van der Waals surface area contributed by atoms with E-state index in [2.05, 4.69) is 10.3 Å². The molecule has 1 aliphatic carbocycles. The lowest BCUT2D eigenvalue weighted by Crippen LogP contribution is -2.35. The molecule has 1 heterocycles. The second-order valence-corrected chi connectivity index (χ2v) is 5.80. The Morgan fingerprint density at radius 2 is 2.13 bits per heavy atom. The Hall–Kier alpha value is -2.21. The van der Waals surface area contributed by atoms with Crippen molar-refractivity contribution in [1.82, 2.24) is 10.3 Å². The van der Waals surface area contributed by atoms with E-state index in [0.717, 1.165) is 18.5 Å². The van der Waals surface area contributed by atoms with Crippen molar-refractivity contribution in [1.29, 1.82) is 0 Å². The van der Waals surface area contributed by atoms with E-state index in [-0.39, 0.29) is 17.6 Å². The van der Waals surface area contributed by atoms with E-state index in [9.17, 15) is 14.3 Å². The van der Waals surface area contributed by atoms with Crippen molar-refractivity contribution in [2.75, 3.05) is 6.54 Å². The zero-order valence-corrected chi connectivity index (χ0v) is 12.7. The molecule has 23 heavy (non-hydrogen) atoms. The predicted octanol–water partition coefficient (Wildman–Crippen LogP) is 2.30. The highest BCUT2D eigenvalue weighted by Crippen LogP contribution is 2.25. The number of oxazole rings is 1. The van der Waals surface area contributed by atoms with Gasteiger partial charge in [0.2, 0.25) is 11.8 Å². The molecule has 5 nitrogen and oxygen atoms in total. The molecule has 6 heteroatoms. The molecule has 1 fully saturated rings. The standard InChI is InChI=1S/C17H19FN2O3/c18-12-6-4-11(5-7-12)17-20-13(10-23-17)8-9-19-16(22)14-2-1-3-15(14)21/h4-7,10,14-15,21H,1-3,8-9H2,(H,19,22). The summed E-state index contributed by atoms with van der Waals surface area (Å²) in [5.41, 5.74) is 1.42. The zero-order valence-electron chi connectivity index (χ0n) is 12.7. The van der Waals surface area contributed by atoms with Gasteiger partial charge in [0.05, 0.1) is 17.7 Å². The number of hydrogen-bond acceptors (Lipinski definition) is 4. The van der Waals surface area contributed by atoms with Crippen LogP contribution >= 0.6 is 0 Å². The number of rotatable bonds is 5. The molecule has 0 bridgehead atoms. The molecular formula is C17H19FN2O3. The highest BCUT2D eigenvalue weighted by Gasteiger charge is 2.31. The van der Waals surface area contributed by atoms with E-state index in [1.807, 2.05) is 0 Å². The van der Waals surface area contributed by atoms with Crippen molar-refractivity contribution in [2.24, 2.45) is 5.92 Å². The second kappa shape index (κ2) is 6.91. The quantitative estimate of drug-likeness (QED) is 0.887. The van der Waals surface area contributed by atoms with Crippen LogP contribution in [0.3, 0.4) is 0 Å². The summed E-state index contributed by atoms with van der Waals surface area (Å²) >= 11 is 0. The van der Waals surface area contributed by atoms with Crippen molar-refractivity contribution >= 4 is 5.91 Å². The van der Waals surface area contributed by atoms with Crippen LogP contribution < -0.4 is 5.32 Å². The van der Waals surface area contributed by atoms with Crippen LogP contribution in [0.4, 0.5) is 4.39 Å². The minimum atomic E-state index is -0.521. The number of benzene rings is 1. The van der Waals surface area contributed by atoms with E-state index < -0.39 is 6.10 Å². The number of nitrogens with zero attached hydrogens (tertiary/aromatic N) is 1. The first-order valence-electron chi connectivity index (χ1n) is 7.79. The number of amides is 1. The van der Waals surface area contributed by atoms with Crippen molar-refractivity contribution in [2.45, 2.75) is 31.8 Å². The van der Waals surface area contributed by atoms with E-state index in [4.69, 9.17) is 4.42 Å². The minimum absolute atomic E-state index is 0.0998. The molecule has 2 atom stereocenters. The summed E-state index contributed by atoms with van der Waals surface area (Å²) in [6.07, 6.45) is 3.89. The smallest absolute Gasteiger partial charge is 0.226 e. The highest BCUT2D eigenvalue weighted by molar-refractivity contribution is 5.79. The van der Waals surface area contributed by atoms with Crippen LogP contribution in [-0.2, 0) is 11.2 Å². The molecule has 0 spiro atoms. The van der Waals surface area contributed by atoms with Gasteiger partial charge in [-0.2, -0.15) is 0 Å². The molecule has 1 aromatic heterocycles. The summed E-state index contributed by atoms with van der Waals surface area (Å²) in [5.74, 6) is -0.269. The van der Waals surface area contributed by atoms with Crippen molar-refractivity contribution in [3.05, 3.63) is 42.0 Å². The monoisotopic (exact) mass is 318 g/mol. The number of nitrogens with one attached hydrogen (secondary N) is 1. The van der Waals surface area contributed by atoms with Gasteiger partial charge in [-0.15, -0.1) is 0 Å². The van der Waals surface area contributed by atoms with Crippen LogP contribution in [0.1, 0.15) is 25.0 Å². The van der Waals surface area contributed by atoms with Gasteiger partial charge in [0.25, 0.3) is 0 Å². The average Bonchev–Trinajstić information content (AvgIpc) is 3.17. The first kappa shape index (κ1) is 15.7. The third-order valence-corrected chi connectivity index (χ3v) is 4.14. The summed E-state index contributed by atoms with van der Waals surface area (Å²) < 4.78 is 18.3. The zero-order chi connectivity index (χ0) is 16.2. The van der Waals surface area contributed by atoms with E-state index in [1.54, 1.807) is 12.1 Å². The SMILES string of the molecule is O=C(NCCc1coc(-c2ccc(F)cc2)n1)C1CCCC1O. The normalized spacial score (nSPS) is 20.6. The lowest BCUT2D eigenvalue weighted by atomic mass is 10.1. The Morgan fingerprint density at radius 1 is 1.35 bits per heavy atom. The van der Waals surface area contributed by atoms with Gasteiger partial charge in [0.15, 0.2) is 0 Å². The Morgan fingerprint density at radius 3 is 2.83 bits per heavy atom. The van der Waals surface area contributed by atoms with Gasteiger partial charge in [-0.25, -0.2) is 9.37 Å². The molecule has 1 amide bonds. The number of hydrogen-bond donors (Lipinski definition) is 2. The number of aliphatic hydroxyl groups excluding tert-OH is 1. The highest BCUT2D eigenvalue weighted by atomic mass is 19.1. The van der Waals surface area contributed by atoms with E-state index in [1.165, 1.54) is 18.4 Å². The minimum Gasteiger partial charge on any atom is -0.444 e. The largest absolute Gasteiger partial charge is 0.444 e. The summed E-state index contributed by atoms with van der Waals surface area (Å²) in [4.78, 5) is 16.3. The van der Waals surface area contributed by atoms with Gasteiger partial charge in [0.1, 0.15) is 12.1 Å². The van der Waals surface area contributed by atoms with Crippen LogP contribution in [0.15, 0.2) is 34.9 Å². The van der Waals surface area contributed by atoms with Crippen LogP contribution in [0, 0.1) is 11.7 Å². The van der Waals surface area contributed by atoms with Gasteiger partial charge < -0.3 is 14.8 Å². The van der Waals surface area contributed by atoms with Crippen molar-refractivity contribution < 1.29 is 18.7 Å². The van der Waals surface area contributed by atoms with Gasteiger partial charge in [0, 0.05) is 18.5 Å². The van der Waals surface area contributed by atoms with Gasteiger partial charge >= 0.3 is 0 Å². The Balaban J connectivity index is 1.51. The molecule has 0 radical (unpaired) electrons. The molecule has 1 aromatic carbocycles. The Kier molecular flexibility index (Phi) is 4.71. The van der Waals surface area contributed by atoms with Crippen LogP contribution in [0.2, 0.25) is 0 Å². The fourth-order valence-corrected chi connectivity index (χ4v) is 2.84. The molecule has 2 unspecified atom stereocenters. The maximum Gasteiger partial charge on any atom is 0.226 e. The molecule has 0 saturated heterocycles. The first-order valence-corrected chi connectivity index (χ1v) is 7.79. The van der Waals surface area contributed by atoms with Crippen LogP contribution in [0.5, 0.6) is 0 Å². The summed E-state index contributed by atoms with van der Waals surface area (Å²) in [5, 5.41) is 12.5. The van der Waals surface area contributed by atoms with Crippen LogP contribution in [0.25, 0.3) is 11.5 Å². The molecule has 1 aliphatic rings. The van der Waals surface area contributed by atoms with Crippen molar-refractivity contribution in [3.8, 4) is 11.5 Å². The number of carbonyl (C=O) groups excluding carboxylic acids is 1. The van der Waals surface area contributed by atoms with Gasteiger partial charge in [-0.3, -0.25) is 4.79 Å². The first-order chi connectivity index (χ1) is 11.1. The average molecular weight is 318 g/mol. The molecule has 122 valence electrons. The van der Waals surface area contributed by atoms with Crippen LogP contribution in [-0.4, -0.2) is 28.6 Å². The summed E-state index contributed by atoms with van der Waals surface area (Å²) in [6.45, 7) is 0.442. The molecule has 1 saturated carbocycles. The van der Waals surface area contributed by atoms with E-state index >= 15 is 0 Å². The maximum atomic E-state index is 12.9. The molecule has 3 rings (SSSR count). The number of aromatic nitrogens is 1. The topological polar surface area (TPSA) is 75.4 Å².